The highest BCUT2D eigenvalue weighted by atomic mass is 35.5. The summed E-state index contributed by atoms with van der Waals surface area (Å²) < 4.78 is 27.1. The molecule has 0 saturated carbocycles. The minimum Gasteiger partial charge on any atom is -0.339 e. The Hall–Kier alpha value is -1.37. The van der Waals surface area contributed by atoms with E-state index < -0.39 is 10.0 Å². The van der Waals surface area contributed by atoms with Gasteiger partial charge in [0.15, 0.2) is 0 Å². The summed E-state index contributed by atoms with van der Waals surface area (Å²) in [7, 11) is -3.55. The van der Waals surface area contributed by atoms with Gasteiger partial charge in [0, 0.05) is 24.2 Å². The van der Waals surface area contributed by atoms with Crippen LogP contribution in [0.15, 0.2) is 41.8 Å². The van der Waals surface area contributed by atoms with Crippen molar-refractivity contribution in [2.24, 2.45) is 0 Å². The summed E-state index contributed by atoms with van der Waals surface area (Å²) in [6.07, 6.45) is 2.46. The number of nitrogens with zero attached hydrogens (tertiary/aromatic N) is 1. The molecule has 0 spiro atoms. The number of carbonyl (C=O) groups excluding carboxylic acids is 1. The van der Waals surface area contributed by atoms with E-state index in [0.717, 1.165) is 0 Å². The number of likely N-dealkylation sites (tertiary alicyclic amines) is 1. The molecule has 2 rings (SSSR count). The van der Waals surface area contributed by atoms with E-state index in [1.165, 1.54) is 18.2 Å². The first-order valence-electron chi connectivity index (χ1n) is 6.61. The summed E-state index contributed by atoms with van der Waals surface area (Å²) in [5, 5.41) is 0.491. The summed E-state index contributed by atoms with van der Waals surface area (Å²) in [6, 6.07) is 5.87. The normalized spacial score (nSPS) is 16.7. The lowest BCUT2D eigenvalue weighted by Gasteiger charge is -2.31. The Kier molecular flexibility index (Phi) is 5.03. The molecule has 1 aliphatic heterocycles. The van der Waals surface area contributed by atoms with Gasteiger partial charge in [-0.3, -0.25) is 4.79 Å². The maximum atomic E-state index is 12.2. The van der Waals surface area contributed by atoms with Crippen molar-refractivity contribution in [2.45, 2.75) is 23.8 Å². The lowest BCUT2D eigenvalue weighted by atomic mass is 10.1. The number of halogens is 1. The van der Waals surface area contributed by atoms with Gasteiger partial charge in [-0.2, -0.15) is 0 Å². The van der Waals surface area contributed by atoms with Crippen LogP contribution in [0.4, 0.5) is 0 Å². The molecule has 1 aromatic rings. The van der Waals surface area contributed by atoms with Crippen molar-refractivity contribution in [3.63, 3.8) is 0 Å². The van der Waals surface area contributed by atoms with Crippen LogP contribution in [0.2, 0.25) is 5.02 Å². The lowest BCUT2D eigenvalue weighted by Crippen LogP contribution is -2.46. The summed E-state index contributed by atoms with van der Waals surface area (Å²) >= 11 is 5.75. The maximum absolute atomic E-state index is 12.2. The van der Waals surface area contributed by atoms with E-state index in [4.69, 9.17) is 11.6 Å². The van der Waals surface area contributed by atoms with E-state index in [0.29, 0.717) is 31.0 Å². The average molecular weight is 329 g/mol. The molecule has 0 unspecified atom stereocenters. The van der Waals surface area contributed by atoms with Crippen molar-refractivity contribution in [2.75, 3.05) is 13.1 Å². The average Bonchev–Trinajstić information content (AvgIpc) is 2.47. The van der Waals surface area contributed by atoms with Crippen molar-refractivity contribution < 1.29 is 13.2 Å². The number of hydrogen-bond donors (Lipinski definition) is 1. The third-order valence-corrected chi connectivity index (χ3v) is 5.22. The predicted molar refractivity (Wildman–Crippen MR) is 81.6 cm³/mol. The number of sulfonamides is 1. The second-order valence-electron chi connectivity index (χ2n) is 4.88. The quantitative estimate of drug-likeness (QED) is 0.857. The van der Waals surface area contributed by atoms with Gasteiger partial charge in [0.2, 0.25) is 15.9 Å². The van der Waals surface area contributed by atoms with Gasteiger partial charge in [0.05, 0.1) is 4.90 Å². The Balaban J connectivity index is 1.98. The van der Waals surface area contributed by atoms with Crippen molar-refractivity contribution in [1.82, 2.24) is 9.62 Å². The van der Waals surface area contributed by atoms with Crippen LogP contribution in [0.3, 0.4) is 0 Å². The highest BCUT2D eigenvalue weighted by Gasteiger charge is 2.25. The van der Waals surface area contributed by atoms with Crippen molar-refractivity contribution >= 4 is 27.5 Å². The molecule has 0 aromatic heterocycles. The fourth-order valence-electron chi connectivity index (χ4n) is 2.25. The number of carbonyl (C=O) groups is 1. The molecule has 0 bridgehead atoms. The van der Waals surface area contributed by atoms with Crippen LogP contribution in [-0.4, -0.2) is 38.4 Å². The molecule has 0 radical (unpaired) electrons. The van der Waals surface area contributed by atoms with Gasteiger partial charge in [0.25, 0.3) is 0 Å². The van der Waals surface area contributed by atoms with Crippen LogP contribution < -0.4 is 4.72 Å². The summed E-state index contributed by atoms with van der Waals surface area (Å²) in [6.45, 7) is 4.50. The zero-order valence-electron chi connectivity index (χ0n) is 11.5. The van der Waals surface area contributed by atoms with Crippen LogP contribution in [0.1, 0.15) is 12.8 Å². The molecule has 1 aliphatic rings. The van der Waals surface area contributed by atoms with Gasteiger partial charge in [-0.05, 0) is 43.2 Å². The van der Waals surface area contributed by atoms with E-state index in [-0.39, 0.29) is 16.8 Å². The van der Waals surface area contributed by atoms with Crippen LogP contribution >= 0.6 is 11.6 Å². The fraction of sp³-hybridized carbons (Fsp3) is 0.357. The van der Waals surface area contributed by atoms with Crippen LogP contribution in [0.5, 0.6) is 0 Å². The number of hydrogen-bond acceptors (Lipinski definition) is 3. The van der Waals surface area contributed by atoms with Gasteiger partial charge in [0.1, 0.15) is 0 Å². The number of benzene rings is 1. The molecular formula is C14H17ClN2O3S. The zero-order chi connectivity index (χ0) is 15.5. The summed E-state index contributed by atoms with van der Waals surface area (Å²) in [5.74, 6) is -0.117. The highest BCUT2D eigenvalue weighted by Crippen LogP contribution is 2.17. The molecule has 0 atom stereocenters. The fourth-order valence-corrected chi connectivity index (χ4v) is 3.68. The molecule has 0 aliphatic carbocycles. The number of nitrogens with one attached hydrogen (secondary N) is 1. The van der Waals surface area contributed by atoms with Crippen molar-refractivity contribution in [3.8, 4) is 0 Å². The van der Waals surface area contributed by atoms with Crippen molar-refractivity contribution in [3.05, 3.63) is 41.9 Å². The third kappa shape index (κ3) is 4.06. The molecular weight excluding hydrogens is 312 g/mol. The molecule has 21 heavy (non-hydrogen) atoms. The standard InChI is InChI=1S/C14H17ClN2O3S/c1-2-14(18)17-9-7-12(8-10-17)16-21(19,20)13-5-3-11(15)4-6-13/h2-6,12,16H,1,7-10H2. The Morgan fingerprint density at radius 1 is 1.29 bits per heavy atom. The second-order valence-corrected chi connectivity index (χ2v) is 7.03. The van der Waals surface area contributed by atoms with Gasteiger partial charge >= 0.3 is 0 Å². The molecule has 1 heterocycles. The Morgan fingerprint density at radius 3 is 2.38 bits per heavy atom. The Bertz CT molecular complexity index is 620. The molecule has 1 aromatic carbocycles. The molecule has 1 fully saturated rings. The minimum absolute atomic E-state index is 0.117. The number of amides is 1. The SMILES string of the molecule is C=CC(=O)N1CCC(NS(=O)(=O)c2ccc(Cl)cc2)CC1. The molecule has 1 N–H and O–H groups in total. The predicted octanol–water partition coefficient (Wildman–Crippen LogP) is 1.80. The lowest BCUT2D eigenvalue weighted by molar-refractivity contribution is -0.127. The van der Waals surface area contributed by atoms with Crippen LogP contribution in [0, 0.1) is 0 Å². The Morgan fingerprint density at radius 2 is 1.86 bits per heavy atom. The molecule has 1 saturated heterocycles. The summed E-state index contributed by atoms with van der Waals surface area (Å²) in [4.78, 5) is 13.3. The summed E-state index contributed by atoms with van der Waals surface area (Å²) in [5.41, 5.74) is 0. The third-order valence-electron chi connectivity index (χ3n) is 3.43. The molecule has 5 nitrogen and oxygen atoms in total. The van der Waals surface area contributed by atoms with Gasteiger partial charge in [-0.1, -0.05) is 18.2 Å². The monoisotopic (exact) mass is 328 g/mol. The molecule has 114 valence electrons. The van der Waals surface area contributed by atoms with E-state index in [2.05, 4.69) is 11.3 Å². The minimum atomic E-state index is -3.55. The van der Waals surface area contributed by atoms with E-state index in [9.17, 15) is 13.2 Å². The highest BCUT2D eigenvalue weighted by molar-refractivity contribution is 7.89. The molecule has 7 heteroatoms. The van der Waals surface area contributed by atoms with E-state index in [1.807, 2.05) is 0 Å². The zero-order valence-corrected chi connectivity index (χ0v) is 13.0. The smallest absolute Gasteiger partial charge is 0.245 e. The topological polar surface area (TPSA) is 66.5 Å². The van der Waals surface area contributed by atoms with Crippen LogP contribution in [0.25, 0.3) is 0 Å². The van der Waals surface area contributed by atoms with E-state index >= 15 is 0 Å². The first-order chi connectivity index (χ1) is 9.92. The first-order valence-corrected chi connectivity index (χ1v) is 8.48. The number of rotatable bonds is 4. The number of piperidine rings is 1. The first kappa shape index (κ1) is 16.0. The Labute approximate surface area is 129 Å². The van der Waals surface area contributed by atoms with Gasteiger partial charge in [-0.25, -0.2) is 13.1 Å². The maximum Gasteiger partial charge on any atom is 0.245 e. The van der Waals surface area contributed by atoms with Crippen LogP contribution in [-0.2, 0) is 14.8 Å². The molecule has 1 amide bonds. The second kappa shape index (κ2) is 6.60. The van der Waals surface area contributed by atoms with E-state index in [1.54, 1.807) is 17.0 Å². The van der Waals surface area contributed by atoms with Gasteiger partial charge in [-0.15, -0.1) is 0 Å². The largest absolute Gasteiger partial charge is 0.339 e. The van der Waals surface area contributed by atoms with Crippen molar-refractivity contribution in [1.29, 1.82) is 0 Å². The van der Waals surface area contributed by atoms with Gasteiger partial charge < -0.3 is 4.90 Å².